The van der Waals surface area contributed by atoms with Gasteiger partial charge >= 0.3 is 0 Å². The molecular formula is C29H34ClN3O8S2. The molecule has 3 atom stereocenters. The molecule has 1 amide bonds. The van der Waals surface area contributed by atoms with E-state index >= 15 is 0 Å². The van der Waals surface area contributed by atoms with Crippen LogP contribution >= 0.6 is 11.6 Å². The first-order chi connectivity index (χ1) is 20.3. The van der Waals surface area contributed by atoms with Crippen LogP contribution in [0.2, 0.25) is 5.02 Å². The fourth-order valence-electron chi connectivity index (χ4n) is 4.61. The van der Waals surface area contributed by atoms with Gasteiger partial charge in [-0.05, 0) is 73.7 Å². The molecule has 232 valence electrons. The standard InChI is InChI=1S/C29H34ClN3O8S2/c1-19-16-33(20(2)18-34)29(35)26-15-22(31-42(36,37)24-10-5-21(30)6-11-24)7-14-27(26)41-28(19)17-32(3)43(38,39)25-12-8-23(40-4)9-13-25/h5-15,19-20,28,31,34H,16-18H2,1-4H3/t19-,20+,28-/m0/s1. The average molecular weight is 652 g/mol. The van der Waals surface area contributed by atoms with Gasteiger partial charge in [-0.3, -0.25) is 9.52 Å². The van der Waals surface area contributed by atoms with Crippen LogP contribution < -0.4 is 14.2 Å². The van der Waals surface area contributed by atoms with Gasteiger partial charge in [-0.25, -0.2) is 16.8 Å². The zero-order chi connectivity index (χ0) is 31.5. The van der Waals surface area contributed by atoms with Crippen LogP contribution in [0.5, 0.6) is 11.5 Å². The van der Waals surface area contributed by atoms with Gasteiger partial charge in [0.05, 0.1) is 41.7 Å². The third-order valence-electron chi connectivity index (χ3n) is 7.25. The number of carbonyl (C=O) groups is 1. The van der Waals surface area contributed by atoms with Gasteiger partial charge < -0.3 is 19.5 Å². The predicted molar refractivity (Wildman–Crippen MR) is 163 cm³/mol. The van der Waals surface area contributed by atoms with Crippen LogP contribution in [-0.2, 0) is 20.0 Å². The second-order valence-corrected chi connectivity index (χ2v) is 14.5. The Morgan fingerprint density at radius 2 is 1.70 bits per heavy atom. The molecule has 0 saturated heterocycles. The quantitative estimate of drug-likeness (QED) is 0.338. The Labute approximate surface area is 257 Å². The van der Waals surface area contributed by atoms with E-state index in [0.29, 0.717) is 10.8 Å². The van der Waals surface area contributed by atoms with Crippen molar-refractivity contribution in [3.63, 3.8) is 0 Å². The van der Waals surface area contributed by atoms with Crippen molar-refractivity contribution in [1.29, 1.82) is 0 Å². The summed E-state index contributed by atoms with van der Waals surface area (Å²) in [6.45, 7) is 3.32. The second kappa shape index (κ2) is 13.1. The monoisotopic (exact) mass is 651 g/mol. The number of anilines is 1. The summed E-state index contributed by atoms with van der Waals surface area (Å²) in [4.78, 5) is 15.3. The van der Waals surface area contributed by atoms with E-state index in [4.69, 9.17) is 21.1 Å². The molecule has 11 nitrogen and oxygen atoms in total. The van der Waals surface area contributed by atoms with Crippen LogP contribution in [-0.4, -0.2) is 83.1 Å². The highest BCUT2D eigenvalue weighted by atomic mass is 35.5. The molecule has 1 aliphatic heterocycles. The Hall–Kier alpha value is -3.36. The molecule has 1 heterocycles. The Bertz CT molecular complexity index is 1670. The predicted octanol–water partition coefficient (Wildman–Crippen LogP) is 3.69. The summed E-state index contributed by atoms with van der Waals surface area (Å²) in [6, 6.07) is 15.4. The Kier molecular flexibility index (Phi) is 9.92. The molecule has 0 spiro atoms. The second-order valence-electron chi connectivity index (χ2n) is 10.4. The molecule has 0 unspecified atom stereocenters. The van der Waals surface area contributed by atoms with Crippen molar-refractivity contribution in [2.24, 2.45) is 5.92 Å². The van der Waals surface area contributed by atoms with Crippen LogP contribution in [0.1, 0.15) is 24.2 Å². The van der Waals surface area contributed by atoms with E-state index in [-0.39, 0.29) is 52.4 Å². The number of carbonyl (C=O) groups excluding carboxylic acids is 1. The fraction of sp³-hybridized carbons (Fsp3) is 0.345. The average Bonchev–Trinajstić information content (AvgIpc) is 2.98. The smallest absolute Gasteiger partial charge is 0.261 e. The van der Waals surface area contributed by atoms with Gasteiger partial charge in [-0.2, -0.15) is 4.31 Å². The number of ether oxygens (including phenoxy) is 2. The van der Waals surface area contributed by atoms with Crippen LogP contribution in [0.4, 0.5) is 5.69 Å². The molecule has 4 rings (SSSR count). The molecule has 14 heteroatoms. The maximum absolute atomic E-state index is 13.7. The number of sulfonamides is 2. The first-order valence-electron chi connectivity index (χ1n) is 13.4. The number of aliphatic hydroxyl groups is 1. The summed E-state index contributed by atoms with van der Waals surface area (Å²) in [5, 5.41) is 10.3. The van der Waals surface area contributed by atoms with E-state index in [1.807, 2.05) is 6.92 Å². The summed E-state index contributed by atoms with van der Waals surface area (Å²) in [5.74, 6) is -0.134. The number of rotatable bonds is 10. The minimum absolute atomic E-state index is 0.0169. The zero-order valence-electron chi connectivity index (χ0n) is 24.1. The lowest BCUT2D eigenvalue weighted by molar-refractivity contribution is 0.0387. The molecule has 43 heavy (non-hydrogen) atoms. The van der Waals surface area contributed by atoms with Gasteiger partial charge in [0.2, 0.25) is 10.0 Å². The Morgan fingerprint density at radius 3 is 2.30 bits per heavy atom. The number of methoxy groups -OCH3 is 1. The van der Waals surface area contributed by atoms with E-state index in [1.165, 1.54) is 78.0 Å². The summed E-state index contributed by atoms with van der Waals surface area (Å²) in [7, 11) is -4.96. The maximum atomic E-state index is 13.7. The first-order valence-corrected chi connectivity index (χ1v) is 16.7. The third kappa shape index (κ3) is 7.24. The van der Waals surface area contributed by atoms with Crippen molar-refractivity contribution < 1.29 is 36.2 Å². The van der Waals surface area contributed by atoms with Crippen LogP contribution in [0.25, 0.3) is 0 Å². The number of nitrogens with one attached hydrogen (secondary N) is 1. The van der Waals surface area contributed by atoms with E-state index < -0.39 is 38.1 Å². The molecule has 0 aliphatic carbocycles. The van der Waals surface area contributed by atoms with Gasteiger partial charge in [-0.1, -0.05) is 18.5 Å². The summed E-state index contributed by atoms with van der Waals surface area (Å²) < 4.78 is 67.7. The minimum Gasteiger partial charge on any atom is -0.497 e. The Morgan fingerprint density at radius 1 is 1.07 bits per heavy atom. The number of hydrogen-bond donors (Lipinski definition) is 2. The number of likely N-dealkylation sites (N-methyl/N-ethyl adjacent to an activating group) is 1. The molecule has 3 aromatic rings. The molecule has 0 saturated carbocycles. The Balaban J connectivity index is 1.67. The van der Waals surface area contributed by atoms with Gasteiger partial charge in [0.1, 0.15) is 17.6 Å². The normalized spacial score (nSPS) is 18.3. The lowest BCUT2D eigenvalue weighted by atomic mass is 9.99. The number of benzene rings is 3. The molecule has 2 N–H and O–H groups in total. The highest BCUT2D eigenvalue weighted by Gasteiger charge is 2.35. The minimum atomic E-state index is -4.00. The van der Waals surface area contributed by atoms with Crippen molar-refractivity contribution >= 4 is 43.2 Å². The summed E-state index contributed by atoms with van der Waals surface area (Å²) in [5.41, 5.74) is 0.181. The van der Waals surface area contributed by atoms with Gasteiger partial charge in [0, 0.05) is 30.2 Å². The number of fused-ring (bicyclic) bond motifs is 1. The van der Waals surface area contributed by atoms with Crippen molar-refractivity contribution in [2.45, 2.75) is 35.8 Å². The number of hydrogen-bond acceptors (Lipinski definition) is 8. The van der Waals surface area contributed by atoms with Crippen LogP contribution in [0, 0.1) is 5.92 Å². The highest BCUT2D eigenvalue weighted by molar-refractivity contribution is 7.92. The summed E-state index contributed by atoms with van der Waals surface area (Å²) >= 11 is 5.89. The molecule has 1 aliphatic rings. The number of halogens is 1. The van der Waals surface area contributed by atoms with Gasteiger partial charge in [0.15, 0.2) is 0 Å². The van der Waals surface area contributed by atoms with Crippen LogP contribution in [0.15, 0.2) is 76.5 Å². The van der Waals surface area contributed by atoms with Gasteiger partial charge in [0.25, 0.3) is 15.9 Å². The zero-order valence-corrected chi connectivity index (χ0v) is 26.5. The van der Waals surface area contributed by atoms with E-state index in [9.17, 15) is 26.7 Å². The number of amides is 1. The number of nitrogens with zero attached hydrogens (tertiary/aromatic N) is 2. The number of aliphatic hydroxyl groups excluding tert-OH is 1. The highest BCUT2D eigenvalue weighted by Crippen LogP contribution is 2.32. The molecule has 0 fully saturated rings. The lowest BCUT2D eigenvalue weighted by Gasteiger charge is -2.38. The maximum Gasteiger partial charge on any atom is 0.261 e. The van der Waals surface area contributed by atoms with Crippen LogP contribution in [0.3, 0.4) is 0 Å². The largest absolute Gasteiger partial charge is 0.497 e. The SMILES string of the molecule is COc1ccc(S(=O)(=O)N(C)C[C@@H]2Oc3ccc(NS(=O)(=O)c4ccc(Cl)cc4)cc3C(=O)N([C@H](C)CO)C[C@@H]2C)cc1. The van der Waals surface area contributed by atoms with Gasteiger partial charge in [-0.15, -0.1) is 0 Å². The lowest BCUT2D eigenvalue weighted by Crippen LogP contribution is -2.50. The molecule has 0 bridgehead atoms. The third-order valence-corrected chi connectivity index (χ3v) is 10.7. The fourth-order valence-corrected chi connectivity index (χ4v) is 6.97. The molecule has 0 aromatic heterocycles. The molecular weight excluding hydrogens is 618 g/mol. The van der Waals surface area contributed by atoms with E-state index in [1.54, 1.807) is 19.1 Å². The summed E-state index contributed by atoms with van der Waals surface area (Å²) in [6.07, 6.45) is -0.699. The van der Waals surface area contributed by atoms with Crippen molar-refractivity contribution in [3.05, 3.63) is 77.3 Å². The van der Waals surface area contributed by atoms with E-state index in [2.05, 4.69) is 4.72 Å². The van der Waals surface area contributed by atoms with Crippen molar-refractivity contribution in [2.75, 3.05) is 38.6 Å². The van der Waals surface area contributed by atoms with E-state index in [0.717, 1.165) is 0 Å². The van der Waals surface area contributed by atoms with Crippen molar-refractivity contribution in [3.8, 4) is 11.5 Å². The first kappa shape index (κ1) is 32.6. The topological polar surface area (TPSA) is 143 Å². The molecule has 0 radical (unpaired) electrons. The molecule has 3 aromatic carbocycles. The van der Waals surface area contributed by atoms with Crippen molar-refractivity contribution in [1.82, 2.24) is 9.21 Å².